The quantitative estimate of drug-likeness (QED) is 0.388. The van der Waals surface area contributed by atoms with E-state index in [1.54, 1.807) is 13.8 Å². The lowest BCUT2D eigenvalue weighted by Gasteiger charge is -2.30. The molecule has 0 radical (unpaired) electrons. The molecule has 0 heterocycles. The molecule has 28 heavy (non-hydrogen) atoms. The van der Waals surface area contributed by atoms with Gasteiger partial charge in [-0.2, -0.15) is 0 Å². The third-order valence-electron chi connectivity index (χ3n) is 4.83. The maximum absolute atomic E-state index is 12.3. The molecule has 0 bridgehead atoms. The van der Waals surface area contributed by atoms with Crippen LogP contribution in [0.3, 0.4) is 0 Å². The van der Waals surface area contributed by atoms with Crippen molar-refractivity contribution in [3.8, 4) is 11.1 Å². The van der Waals surface area contributed by atoms with Crippen molar-refractivity contribution >= 4 is 23.7 Å². The second kappa shape index (κ2) is 10.2. The molecule has 0 fully saturated rings. The van der Waals surface area contributed by atoms with Crippen molar-refractivity contribution in [1.82, 2.24) is 0 Å². The number of ether oxygens (including phenoxy) is 1. The maximum Gasteiger partial charge on any atom is 0.316 e. The van der Waals surface area contributed by atoms with Crippen LogP contribution in [0.1, 0.15) is 25.8 Å². The molecule has 2 unspecified atom stereocenters. The van der Waals surface area contributed by atoms with Crippen molar-refractivity contribution in [2.75, 3.05) is 13.2 Å². The molecule has 2 aromatic rings. The van der Waals surface area contributed by atoms with Gasteiger partial charge < -0.3 is 9.84 Å². The molecule has 6 heteroatoms. The van der Waals surface area contributed by atoms with Gasteiger partial charge in [-0.05, 0) is 55.5 Å². The molecule has 0 saturated heterocycles. The molecule has 1 N–H and O–H groups in total. The zero-order chi connectivity index (χ0) is 20.6. The third-order valence-corrected chi connectivity index (χ3v) is 5.07. The number of rotatable bonds is 9. The number of halogens is 1. The van der Waals surface area contributed by atoms with Gasteiger partial charge in [0.25, 0.3) is 0 Å². The zero-order valence-electron chi connectivity index (χ0n) is 16.0. The first-order chi connectivity index (χ1) is 13.4. The molecule has 0 aliphatic heterocycles. The van der Waals surface area contributed by atoms with Crippen LogP contribution in [0.15, 0.2) is 53.5 Å². The van der Waals surface area contributed by atoms with Gasteiger partial charge in [0.15, 0.2) is 0 Å². The Hall–Kier alpha value is -2.46. The summed E-state index contributed by atoms with van der Waals surface area (Å²) in [5.74, 6) is -0.571. The Bertz CT molecular complexity index is 846. The van der Waals surface area contributed by atoms with Gasteiger partial charge in [-0.15, -0.1) is 0 Å². The lowest BCUT2D eigenvalue weighted by atomic mass is 9.80. The monoisotopic (exact) mass is 401 g/mol. The number of aryl methyl sites for hydroxylation is 1. The lowest BCUT2D eigenvalue weighted by molar-refractivity contribution is -0.158. The first-order valence-electron chi connectivity index (χ1n) is 9.14. The molecule has 0 spiro atoms. The van der Waals surface area contributed by atoms with E-state index in [2.05, 4.69) is 4.99 Å². The Labute approximate surface area is 170 Å². The highest BCUT2D eigenvalue weighted by atomic mass is 35.5. The van der Waals surface area contributed by atoms with Gasteiger partial charge in [0.05, 0.1) is 19.3 Å². The SMILES string of the molecule is CCOC(=O)C(C)(CO)C(CCc1ccc(-c2cccc(Cl)c2)cc1)N=C=O. The number of isocyanates is 1. The first kappa shape index (κ1) is 21.8. The molecular weight excluding hydrogens is 378 g/mol. The number of benzene rings is 2. The Balaban J connectivity index is 2.13. The van der Waals surface area contributed by atoms with E-state index < -0.39 is 24.0 Å². The van der Waals surface area contributed by atoms with Crippen molar-refractivity contribution < 1.29 is 19.4 Å². The second-order valence-corrected chi connectivity index (χ2v) is 7.21. The van der Waals surface area contributed by atoms with E-state index in [-0.39, 0.29) is 6.61 Å². The van der Waals surface area contributed by atoms with Crippen molar-refractivity contribution in [2.24, 2.45) is 10.4 Å². The number of carbonyl (C=O) groups excluding carboxylic acids is 2. The predicted molar refractivity (Wildman–Crippen MR) is 109 cm³/mol. The van der Waals surface area contributed by atoms with Crippen LogP contribution >= 0.6 is 11.6 Å². The minimum absolute atomic E-state index is 0.191. The molecule has 2 atom stereocenters. The number of hydrogen-bond donors (Lipinski definition) is 1. The molecule has 2 aromatic carbocycles. The number of carbonyl (C=O) groups is 1. The highest BCUT2D eigenvalue weighted by Gasteiger charge is 2.42. The number of nitrogens with zero attached hydrogens (tertiary/aromatic N) is 1. The minimum atomic E-state index is -1.28. The summed E-state index contributed by atoms with van der Waals surface area (Å²) in [6.45, 7) is 2.97. The highest BCUT2D eigenvalue weighted by molar-refractivity contribution is 6.30. The average Bonchev–Trinajstić information content (AvgIpc) is 2.71. The van der Waals surface area contributed by atoms with Crippen LogP contribution in [0.25, 0.3) is 11.1 Å². The summed E-state index contributed by atoms with van der Waals surface area (Å²) in [6.07, 6.45) is 2.51. The van der Waals surface area contributed by atoms with Crippen LogP contribution in [-0.2, 0) is 20.7 Å². The van der Waals surface area contributed by atoms with E-state index in [1.165, 1.54) is 6.08 Å². The van der Waals surface area contributed by atoms with Gasteiger partial charge in [0, 0.05) is 5.02 Å². The fraction of sp³-hybridized carbons (Fsp3) is 0.364. The second-order valence-electron chi connectivity index (χ2n) is 6.78. The first-order valence-corrected chi connectivity index (χ1v) is 9.52. The van der Waals surface area contributed by atoms with E-state index >= 15 is 0 Å². The van der Waals surface area contributed by atoms with Gasteiger partial charge in [0.2, 0.25) is 6.08 Å². The van der Waals surface area contributed by atoms with Crippen LogP contribution in [-0.4, -0.2) is 36.4 Å². The van der Waals surface area contributed by atoms with E-state index in [0.717, 1.165) is 16.7 Å². The van der Waals surface area contributed by atoms with E-state index in [1.807, 2.05) is 48.5 Å². The van der Waals surface area contributed by atoms with Gasteiger partial charge in [0.1, 0.15) is 5.41 Å². The summed E-state index contributed by atoms with van der Waals surface area (Å²) < 4.78 is 5.05. The Morgan fingerprint density at radius 2 is 1.96 bits per heavy atom. The summed E-state index contributed by atoms with van der Waals surface area (Å²) in [6, 6.07) is 14.9. The predicted octanol–water partition coefficient (Wildman–Crippen LogP) is 4.21. The van der Waals surface area contributed by atoms with Gasteiger partial charge in [-0.1, -0.05) is 48.0 Å². The van der Waals surface area contributed by atoms with Crippen LogP contribution in [0.5, 0.6) is 0 Å². The van der Waals surface area contributed by atoms with E-state index in [0.29, 0.717) is 17.9 Å². The van der Waals surface area contributed by atoms with Gasteiger partial charge in [-0.25, -0.2) is 9.79 Å². The molecule has 5 nitrogen and oxygen atoms in total. The summed E-state index contributed by atoms with van der Waals surface area (Å²) in [7, 11) is 0. The molecule has 148 valence electrons. The van der Waals surface area contributed by atoms with Gasteiger partial charge in [-0.3, -0.25) is 4.79 Å². The molecular formula is C22H24ClNO4. The van der Waals surface area contributed by atoms with Crippen molar-refractivity contribution in [3.05, 3.63) is 59.1 Å². The van der Waals surface area contributed by atoms with Crippen molar-refractivity contribution in [1.29, 1.82) is 0 Å². The Morgan fingerprint density at radius 1 is 1.25 bits per heavy atom. The normalized spacial score (nSPS) is 13.9. The van der Waals surface area contributed by atoms with Crippen LogP contribution in [0.4, 0.5) is 0 Å². The van der Waals surface area contributed by atoms with Crippen LogP contribution in [0.2, 0.25) is 5.02 Å². The number of aliphatic hydroxyl groups is 1. The number of aliphatic imine (C=N–C) groups is 1. The molecule has 0 saturated carbocycles. The fourth-order valence-electron chi connectivity index (χ4n) is 3.03. The van der Waals surface area contributed by atoms with E-state index in [9.17, 15) is 14.7 Å². The molecule has 0 aromatic heterocycles. The van der Waals surface area contributed by atoms with Crippen LogP contribution in [0, 0.1) is 5.41 Å². The van der Waals surface area contributed by atoms with Crippen molar-refractivity contribution in [3.63, 3.8) is 0 Å². The number of hydrogen-bond acceptors (Lipinski definition) is 5. The van der Waals surface area contributed by atoms with Crippen LogP contribution < -0.4 is 0 Å². The van der Waals surface area contributed by atoms with Gasteiger partial charge >= 0.3 is 5.97 Å². The molecule has 2 rings (SSSR count). The smallest absolute Gasteiger partial charge is 0.316 e. The Kier molecular flexibility index (Phi) is 7.94. The molecule has 0 amide bonds. The largest absolute Gasteiger partial charge is 0.465 e. The molecule has 0 aliphatic rings. The van der Waals surface area contributed by atoms with E-state index in [4.69, 9.17) is 16.3 Å². The maximum atomic E-state index is 12.3. The summed E-state index contributed by atoms with van der Waals surface area (Å²) in [5.41, 5.74) is 1.81. The highest BCUT2D eigenvalue weighted by Crippen LogP contribution is 2.30. The summed E-state index contributed by atoms with van der Waals surface area (Å²) >= 11 is 6.04. The number of aliphatic hydroxyl groups excluding tert-OH is 1. The molecule has 0 aliphatic carbocycles. The Morgan fingerprint density at radius 3 is 2.54 bits per heavy atom. The fourth-order valence-corrected chi connectivity index (χ4v) is 3.22. The standard InChI is InChI=1S/C22H24ClNO4/c1-3-28-21(27)22(2,14-25)20(24-15-26)12-9-16-7-10-17(11-8-16)18-5-4-6-19(23)13-18/h4-8,10-11,13,20,25H,3,9,12,14H2,1-2H3. The average molecular weight is 402 g/mol. The topological polar surface area (TPSA) is 76.0 Å². The summed E-state index contributed by atoms with van der Waals surface area (Å²) in [4.78, 5) is 26.9. The lowest BCUT2D eigenvalue weighted by Crippen LogP contribution is -2.43. The zero-order valence-corrected chi connectivity index (χ0v) is 16.8. The minimum Gasteiger partial charge on any atom is -0.465 e. The third kappa shape index (κ3) is 5.29. The number of esters is 1. The van der Waals surface area contributed by atoms with Crippen molar-refractivity contribution in [2.45, 2.75) is 32.7 Å². The summed E-state index contributed by atoms with van der Waals surface area (Å²) in [5, 5.41) is 10.4.